The lowest BCUT2D eigenvalue weighted by molar-refractivity contribution is 0.0527. The summed E-state index contributed by atoms with van der Waals surface area (Å²) in [6.45, 7) is 3.93. The fourth-order valence-corrected chi connectivity index (χ4v) is 2.86. The van der Waals surface area contributed by atoms with Crippen molar-refractivity contribution in [3.8, 4) is 5.69 Å². The van der Waals surface area contributed by atoms with Crippen molar-refractivity contribution in [2.75, 3.05) is 17.7 Å². The lowest BCUT2D eigenvalue weighted by atomic mass is 10.1. The molecule has 3 aromatic rings. The van der Waals surface area contributed by atoms with Crippen molar-refractivity contribution in [3.63, 3.8) is 0 Å². The van der Waals surface area contributed by atoms with Crippen LogP contribution in [0.25, 0.3) is 5.69 Å². The summed E-state index contributed by atoms with van der Waals surface area (Å²) in [6, 6.07) is 12.3. The Hall–Kier alpha value is -3.13. The molecule has 0 fully saturated rings. The number of hydrogen-bond donors (Lipinski definition) is 2. The Morgan fingerprint density at radius 1 is 1.21 bits per heavy atom. The second-order valence-corrected chi connectivity index (χ2v) is 6.90. The molecule has 1 aromatic heterocycles. The van der Waals surface area contributed by atoms with Crippen molar-refractivity contribution in [1.29, 1.82) is 0 Å². The Morgan fingerprint density at radius 2 is 1.93 bits per heavy atom. The molecular formula is C20H19BrN4O3. The van der Waals surface area contributed by atoms with Crippen molar-refractivity contribution in [2.45, 2.75) is 13.8 Å². The number of nitrogen functional groups attached to an aromatic ring is 1. The molecule has 1 heterocycles. The SMILES string of the molecule is CCOC(=O)c1cnn(-c2ccc(C(=O)Nc3ccc(Br)c(C)c3)cc2)c1N. The van der Waals surface area contributed by atoms with Crippen LogP contribution in [0.2, 0.25) is 0 Å². The van der Waals surface area contributed by atoms with Crippen LogP contribution < -0.4 is 11.1 Å². The number of hydrogen-bond acceptors (Lipinski definition) is 5. The predicted molar refractivity (Wildman–Crippen MR) is 111 cm³/mol. The van der Waals surface area contributed by atoms with Gasteiger partial charge in [-0.25, -0.2) is 9.48 Å². The average molecular weight is 443 g/mol. The minimum Gasteiger partial charge on any atom is -0.462 e. The molecule has 7 nitrogen and oxygen atoms in total. The zero-order valence-corrected chi connectivity index (χ0v) is 17.0. The quantitative estimate of drug-likeness (QED) is 0.582. The fourth-order valence-electron chi connectivity index (χ4n) is 2.61. The van der Waals surface area contributed by atoms with Gasteiger partial charge in [-0.1, -0.05) is 15.9 Å². The highest BCUT2D eigenvalue weighted by atomic mass is 79.9. The molecule has 0 unspecified atom stereocenters. The number of rotatable bonds is 5. The number of aromatic nitrogens is 2. The Bertz CT molecular complexity index is 1030. The maximum atomic E-state index is 12.5. The van der Waals surface area contributed by atoms with E-state index in [4.69, 9.17) is 10.5 Å². The van der Waals surface area contributed by atoms with Gasteiger partial charge in [-0.15, -0.1) is 0 Å². The first-order valence-electron chi connectivity index (χ1n) is 8.59. The molecule has 3 rings (SSSR count). The summed E-state index contributed by atoms with van der Waals surface area (Å²) in [4.78, 5) is 24.3. The van der Waals surface area contributed by atoms with Gasteiger partial charge in [0.1, 0.15) is 11.4 Å². The zero-order chi connectivity index (χ0) is 20.3. The molecule has 8 heteroatoms. The molecule has 0 aliphatic carbocycles. The van der Waals surface area contributed by atoms with Crippen LogP contribution in [0.5, 0.6) is 0 Å². The highest BCUT2D eigenvalue weighted by Crippen LogP contribution is 2.21. The van der Waals surface area contributed by atoms with Gasteiger partial charge in [-0.05, 0) is 61.9 Å². The molecule has 0 saturated carbocycles. The second-order valence-electron chi connectivity index (χ2n) is 6.04. The lowest BCUT2D eigenvalue weighted by Crippen LogP contribution is -2.12. The average Bonchev–Trinajstić information content (AvgIpc) is 3.06. The summed E-state index contributed by atoms with van der Waals surface area (Å²) in [7, 11) is 0. The van der Waals surface area contributed by atoms with Crippen LogP contribution in [0.4, 0.5) is 11.5 Å². The molecule has 0 saturated heterocycles. The van der Waals surface area contributed by atoms with Gasteiger partial charge >= 0.3 is 5.97 Å². The summed E-state index contributed by atoms with van der Waals surface area (Å²) in [5, 5.41) is 7.00. The minimum atomic E-state index is -0.521. The Morgan fingerprint density at radius 3 is 2.57 bits per heavy atom. The summed E-state index contributed by atoms with van der Waals surface area (Å²) in [5.41, 5.74) is 9.07. The van der Waals surface area contributed by atoms with Gasteiger partial charge in [0, 0.05) is 15.7 Å². The number of halogens is 1. The number of carbonyl (C=O) groups is 2. The van der Waals surface area contributed by atoms with E-state index in [1.54, 1.807) is 31.2 Å². The van der Waals surface area contributed by atoms with Crippen LogP contribution >= 0.6 is 15.9 Å². The number of nitrogens with two attached hydrogens (primary N) is 1. The van der Waals surface area contributed by atoms with E-state index in [0.717, 1.165) is 10.0 Å². The molecule has 28 heavy (non-hydrogen) atoms. The van der Waals surface area contributed by atoms with Gasteiger partial charge < -0.3 is 15.8 Å². The topological polar surface area (TPSA) is 99.2 Å². The first-order chi connectivity index (χ1) is 13.4. The largest absolute Gasteiger partial charge is 0.462 e. The smallest absolute Gasteiger partial charge is 0.343 e. The molecule has 0 atom stereocenters. The van der Waals surface area contributed by atoms with Crippen molar-refractivity contribution in [2.24, 2.45) is 0 Å². The van der Waals surface area contributed by atoms with Gasteiger partial charge in [-0.3, -0.25) is 4.79 Å². The van der Waals surface area contributed by atoms with Crippen LogP contribution in [-0.4, -0.2) is 28.3 Å². The highest BCUT2D eigenvalue weighted by molar-refractivity contribution is 9.10. The number of carbonyl (C=O) groups excluding carboxylic acids is 2. The number of esters is 1. The summed E-state index contributed by atoms with van der Waals surface area (Å²) < 4.78 is 7.36. The van der Waals surface area contributed by atoms with Gasteiger partial charge in [0.15, 0.2) is 0 Å². The third kappa shape index (κ3) is 4.07. The van der Waals surface area contributed by atoms with Crippen LogP contribution in [0.15, 0.2) is 53.1 Å². The number of nitrogens with zero attached hydrogens (tertiary/aromatic N) is 2. The van der Waals surface area contributed by atoms with Crippen molar-refractivity contribution < 1.29 is 14.3 Å². The first kappa shape index (κ1) is 19.6. The molecule has 2 aromatic carbocycles. The van der Waals surface area contributed by atoms with Crippen LogP contribution in [-0.2, 0) is 4.74 Å². The second kappa shape index (κ2) is 8.26. The number of aryl methyl sites for hydroxylation is 1. The van der Waals surface area contributed by atoms with Crippen molar-refractivity contribution in [3.05, 3.63) is 69.8 Å². The number of amides is 1. The van der Waals surface area contributed by atoms with E-state index in [1.165, 1.54) is 10.9 Å². The van der Waals surface area contributed by atoms with Crippen LogP contribution in [0, 0.1) is 6.92 Å². The monoisotopic (exact) mass is 442 g/mol. The van der Waals surface area contributed by atoms with E-state index >= 15 is 0 Å². The molecule has 0 aliphatic heterocycles. The zero-order valence-electron chi connectivity index (χ0n) is 15.4. The number of benzene rings is 2. The summed E-state index contributed by atoms with van der Waals surface area (Å²) in [6.07, 6.45) is 1.36. The molecular weight excluding hydrogens is 424 g/mol. The highest BCUT2D eigenvalue weighted by Gasteiger charge is 2.17. The van der Waals surface area contributed by atoms with Gasteiger partial charge in [-0.2, -0.15) is 5.10 Å². The third-order valence-corrected chi connectivity index (χ3v) is 4.98. The van der Waals surface area contributed by atoms with E-state index in [2.05, 4.69) is 26.3 Å². The Balaban J connectivity index is 1.77. The van der Waals surface area contributed by atoms with Gasteiger partial charge in [0.05, 0.1) is 18.5 Å². The van der Waals surface area contributed by atoms with Crippen molar-refractivity contribution >= 4 is 39.3 Å². The number of nitrogens with one attached hydrogen (secondary N) is 1. The predicted octanol–water partition coefficient (Wildman–Crippen LogP) is 3.95. The molecule has 0 radical (unpaired) electrons. The van der Waals surface area contributed by atoms with Crippen LogP contribution in [0.1, 0.15) is 33.2 Å². The van der Waals surface area contributed by atoms with Crippen molar-refractivity contribution in [1.82, 2.24) is 9.78 Å². The Labute approximate surface area is 170 Å². The molecule has 0 spiro atoms. The number of anilines is 2. The molecule has 1 amide bonds. The van der Waals surface area contributed by atoms with Gasteiger partial charge in [0.25, 0.3) is 5.91 Å². The van der Waals surface area contributed by atoms with Crippen LogP contribution in [0.3, 0.4) is 0 Å². The third-order valence-electron chi connectivity index (χ3n) is 4.09. The molecule has 0 bridgehead atoms. The summed E-state index contributed by atoms with van der Waals surface area (Å²) in [5.74, 6) is -0.568. The van der Waals surface area contributed by atoms with E-state index in [1.807, 2.05) is 25.1 Å². The molecule has 144 valence electrons. The molecule has 0 aliphatic rings. The van der Waals surface area contributed by atoms with E-state index in [9.17, 15) is 9.59 Å². The summed E-state index contributed by atoms with van der Waals surface area (Å²) >= 11 is 3.44. The first-order valence-corrected chi connectivity index (χ1v) is 9.38. The van der Waals surface area contributed by atoms with E-state index in [-0.39, 0.29) is 23.9 Å². The minimum absolute atomic E-state index is 0.181. The van der Waals surface area contributed by atoms with E-state index < -0.39 is 5.97 Å². The molecule has 3 N–H and O–H groups in total. The van der Waals surface area contributed by atoms with Gasteiger partial charge in [0.2, 0.25) is 0 Å². The maximum absolute atomic E-state index is 12.5. The Kier molecular flexibility index (Phi) is 5.79. The lowest BCUT2D eigenvalue weighted by Gasteiger charge is -2.09. The fraction of sp³-hybridized carbons (Fsp3) is 0.150. The maximum Gasteiger partial charge on any atom is 0.343 e. The standard InChI is InChI=1S/C20H19BrN4O3/c1-3-28-20(27)16-11-23-25(18(16)22)15-7-4-13(5-8-15)19(26)24-14-6-9-17(21)12(2)10-14/h4-11H,3,22H2,1-2H3,(H,24,26). The normalized spacial score (nSPS) is 10.5. The van der Waals surface area contributed by atoms with E-state index in [0.29, 0.717) is 16.9 Å². The number of ether oxygens (including phenoxy) is 1.